The lowest BCUT2D eigenvalue weighted by molar-refractivity contribution is -0.200. The van der Waals surface area contributed by atoms with Crippen molar-refractivity contribution in [2.75, 3.05) is 13.2 Å². The van der Waals surface area contributed by atoms with Gasteiger partial charge in [-0.2, -0.15) is 0 Å². The molecule has 4 rings (SSSR count). The van der Waals surface area contributed by atoms with Gasteiger partial charge < -0.3 is 14.6 Å². The molecule has 4 heteroatoms. The van der Waals surface area contributed by atoms with E-state index >= 15 is 0 Å². The van der Waals surface area contributed by atoms with E-state index < -0.39 is 5.97 Å². The summed E-state index contributed by atoms with van der Waals surface area (Å²) < 4.78 is 11.9. The Morgan fingerprint density at radius 1 is 1.30 bits per heavy atom. The van der Waals surface area contributed by atoms with Crippen LogP contribution in [0, 0.1) is 5.92 Å². The minimum absolute atomic E-state index is 0.158. The van der Waals surface area contributed by atoms with Gasteiger partial charge in [0.2, 0.25) is 0 Å². The fraction of sp³-hybridized carbons (Fsp3) is 0.632. The molecule has 2 fully saturated rings. The van der Waals surface area contributed by atoms with Crippen molar-refractivity contribution >= 4 is 5.97 Å². The molecule has 4 nitrogen and oxygen atoms in total. The topological polar surface area (TPSA) is 55.8 Å². The number of ether oxygens (including phenoxy) is 2. The van der Waals surface area contributed by atoms with Crippen LogP contribution < -0.4 is 0 Å². The second-order valence-corrected chi connectivity index (χ2v) is 7.23. The van der Waals surface area contributed by atoms with Crippen molar-refractivity contribution in [1.29, 1.82) is 0 Å². The molecule has 1 aromatic rings. The molecule has 23 heavy (non-hydrogen) atoms. The number of hydrogen-bond acceptors (Lipinski definition) is 3. The van der Waals surface area contributed by atoms with E-state index in [-0.39, 0.29) is 11.2 Å². The smallest absolute Gasteiger partial charge is 0.335 e. The third kappa shape index (κ3) is 2.23. The van der Waals surface area contributed by atoms with Crippen molar-refractivity contribution in [3.05, 3.63) is 34.9 Å². The number of benzene rings is 1. The fourth-order valence-corrected chi connectivity index (χ4v) is 5.19. The van der Waals surface area contributed by atoms with E-state index in [1.807, 2.05) is 6.07 Å². The number of rotatable bonds is 2. The maximum Gasteiger partial charge on any atom is 0.335 e. The first-order valence-corrected chi connectivity index (χ1v) is 8.73. The van der Waals surface area contributed by atoms with Gasteiger partial charge in [0.15, 0.2) is 5.79 Å². The molecule has 1 saturated carbocycles. The van der Waals surface area contributed by atoms with Crippen LogP contribution in [0.2, 0.25) is 0 Å². The van der Waals surface area contributed by atoms with Gasteiger partial charge >= 0.3 is 5.97 Å². The zero-order valence-corrected chi connectivity index (χ0v) is 13.6. The number of fused-ring (bicyclic) bond motifs is 3. The summed E-state index contributed by atoms with van der Waals surface area (Å²) in [5.74, 6) is -0.625. The van der Waals surface area contributed by atoms with Gasteiger partial charge in [-0.25, -0.2) is 4.79 Å². The van der Waals surface area contributed by atoms with Crippen LogP contribution in [-0.2, 0) is 21.3 Å². The molecule has 0 amide bonds. The monoisotopic (exact) mass is 316 g/mol. The zero-order valence-electron chi connectivity index (χ0n) is 13.6. The first-order chi connectivity index (χ1) is 11.1. The molecule has 124 valence electrons. The van der Waals surface area contributed by atoms with Crippen LogP contribution >= 0.6 is 0 Å². The summed E-state index contributed by atoms with van der Waals surface area (Å²) >= 11 is 0. The lowest BCUT2D eigenvalue weighted by atomic mass is 9.55. The SMILES string of the molecule is CCC12CCC3(CC1CCc1cc(C(=O)O)ccc12)OCCO3. The van der Waals surface area contributed by atoms with E-state index in [1.54, 1.807) is 6.07 Å². The second kappa shape index (κ2) is 5.32. The second-order valence-electron chi connectivity index (χ2n) is 7.23. The first kappa shape index (κ1) is 15.2. The third-order valence-electron chi connectivity index (χ3n) is 6.39. The van der Waals surface area contributed by atoms with E-state index in [2.05, 4.69) is 13.0 Å². The van der Waals surface area contributed by atoms with E-state index in [1.165, 1.54) is 11.1 Å². The average molecular weight is 316 g/mol. The Bertz CT molecular complexity index is 632. The summed E-state index contributed by atoms with van der Waals surface area (Å²) in [7, 11) is 0. The highest BCUT2D eigenvalue weighted by Crippen LogP contribution is 2.56. The molecule has 1 spiro atoms. The molecule has 1 aliphatic heterocycles. The summed E-state index contributed by atoms with van der Waals surface area (Å²) in [6.07, 6.45) is 6.12. The lowest BCUT2D eigenvalue weighted by Gasteiger charge is -2.52. The van der Waals surface area contributed by atoms with Gasteiger partial charge in [0.05, 0.1) is 18.8 Å². The molecule has 1 aromatic carbocycles. The largest absolute Gasteiger partial charge is 0.478 e. The summed E-state index contributed by atoms with van der Waals surface area (Å²) in [6, 6.07) is 5.73. The highest BCUT2D eigenvalue weighted by Gasteiger charge is 2.53. The number of carbonyl (C=O) groups is 1. The molecule has 2 aliphatic carbocycles. The summed E-state index contributed by atoms with van der Waals surface area (Å²) in [5.41, 5.74) is 3.16. The number of aryl methyl sites for hydroxylation is 1. The summed E-state index contributed by atoms with van der Waals surface area (Å²) in [5, 5.41) is 9.25. The van der Waals surface area contributed by atoms with Crippen molar-refractivity contribution in [3.8, 4) is 0 Å². The van der Waals surface area contributed by atoms with E-state index in [9.17, 15) is 9.90 Å². The predicted octanol–water partition coefficient (Wildman–Crippen LogP) is 3.52. The molecular weight excluding hydrogens is 292 g/mol. The Labute approximate surface area is 136 Å². The normalized spacial score (nSPS) is 31.6. The van der Waals surface area contributed by atoms with Gasteiger partial charge in [-0.3, -0.25) is 0 Å². The van der Waals surface area contributed by atoms with Gasteiger partial charge in [0, 0.05) is 12.8 Å². The van der Waals surface area contributed by atoms with Gasteiger partial charge in [-0.1, -0.05) is 13.0 Å². The van der Waals surface area contributed by atoms with Crippen LogP contribution in [0.3, 0.4) is 0 Å². The summed E-state index contributed by atoms with van der Waals surface area (Å²) in [6.45, 7) is 3.69. The van der Waals surface area contributed by atoms with E-state index in [0.717, 1.165) is 38.5 Å². The van der Waals surface area contributed by atoms with Crippen LogP contribution in [-0.4, -0.2) is 30.1 Å². The number of carboxylic acids is 1. The van der Waals surface area contributed by atoms with E-state index in [4.69, 9.17) is 9.47 Å². The molecule has 0 bridgehead atoms. The van der Waals surface area contributed by atoms with Crippen LogP contribution in [0.5, 0.6) is 0 Å². The quantitative estimate of drug-likeness (QED) is 0.907. The minimum atomic E-state index is -0.837. The molecule has 0 radical (unpaired) electrons. The van der Waals surface area contributed by atoms with Gasteiger partial charge in [-0.05, 0) is 60.3 Å². The highest BCUT2D eigenvalue weighted by molar-refractivity contribution is 5.88. The Hall–Kier alpha value is -1.39. The minimum Gasteiger partial charge on any atom is -0.478 e. The Balaban J connectivity index is 1.71. The molecule has 2 unspecified atom stereocenters. The Kier molecular flexibility index (Phi) is 3.50. The van der Waals surface area contributed by atoms with Crippen LogP contribution in [0.4, 0.5) is 0 Å². The molecule has 1 heterocycles. The predicted molar refractivity (Wildman–Crippen MR) is 85.7 cm³/mol. The lowest BCUT2D eigenvalue weighted by Crippen LogP contribution is -2.50. The van der Waals surface area contributed by atoms with Crippen LogP contribution in [0.15, 0.2) is 18.2 Å². The van der Waals surface area contributed by atoms with Crippen molar-refractivity contribution in [2.45, 2.75) is 56.7 Å². The van der Waals surface area contributed by atoms with Gasteiger partial charge in [-0.15, -0.1) is 0 Å². The summed E-state index contributed by atoms with van der Waals surface area (Å²) in [4.78, 5) is 11.3. The van der Waals surface area contributed by atoms with E-state index in [0.29, 0.717) is 24.7 Å². The van der Waals surface area contributed by atoms with Crippen molar-refractivity contribution in [3.63, 3.8) is 0 Å². The standard InChI is InChI=1S/C19H24O4/c1-2-18-7-8-19(22-9-10-23-19)12-15(18)5-3-13-11-14(17(20)21)4-6-16(13)18/h4,6,11,15H,2-3,5,7-10,12H2,1H3,(H,20,21). The maximum absolute atomic E-state index is 11.3. The molecule has 1 saturated heterocycles. The van der Waals surface area contributed by atoms with Crippen LogP contribution in [0.1, 0.15) is 60.5 Å². The molecule has 0 aromatic heterocycles. The number of aromatic carboxylic acids is 1. The molecule has 2 atom stereocenters. The first-order valence-electron chi connectivity index (χ1n) is 8.73. The van der Waals surface area contributed by atoms with Crippen molar-refractivity contribution < 1.29 is 19.4 Å². The third-order valence-corrected chi connectivity index (χ3v) is 6.39. The molecule has 3 aliphatic rings. The average Bonchev–Trinajstić information content (AvgIpc) is 3.02. The number of carboxylic acid groups (broad SMARTS) is 1. The number of hydrogen-bond donors (Lipinski definition) is 1. The zero-order chi connectivity index (χ0) is 16.1. The van der Waals surface area contributed by atoms with Crippen LogP contribution in [0.25, 0.3) is 0 Å². The molecule has 1 N–H and O–H groups in total. The fourth-order valence-electron chi connectivity index (χ4n) is 5.19. The maximum atomic E-state index is 11.3. The highest BCUT2D eigenvalue weighted by atomic mass is 16.7. The Morgan fingerprint density at radius 3 is 2.78 bits per heavy atom. The van der Waals surface area contributed by atoms with Crippen molar-refractivity contribution in [1.82, 2.24) is 0 Å². The van der Waals surface area contributed by atoms with Gasteiger partial charge in [0.1, 0.15) is 0 Å². The molecular formula is C19H24O4. The van der Waals surface area contributed by atoms with Gasteiger partial charge in [0.25, 0.3) is 0 Å². The van der Waals surface area contributed by atoms with Crippen molar-refractivity contribution in [2.24, 2.45) is 5.92 Å². The Morgan fingerprint density at radius 2 is 2.09 bits per heavy atom.